The Bertz CT molecular complexity index is 986. The minimum absolute atomic E-state index is 0.00210. The standard InChI is InChI=1S/C29H37NO3/c1-4-30(5-2)28(31)26-19-33-29(3)16-15-24-23-14-12-22(32-18-20-9-7-6-8-10-20)17-21(23)11-13-25(24)27(26)29/h6-10,12,14,17,24-27H,4-5,11,13,15-16,18-19H2,1-3H3/t24-,25-,26+,27-,29+/m1/s1. The first-order valence-corrected chi connectivity index (χ1v) is 12.8. The van der Waals surface area contributed by atoms with E-state index in [2.05, 4.69) is 51.1 Å². The summed E-state index contributed by atoms with van der Waals surface area (Å²) in [5, 5.41) is 0. The quantitative estimate of drug-likeness (QED) is 0.579. The lowest BCUT2D eigenvalue weighted by Crippen LogP contribution is -2.50. The average molecular weight is 448 g/mol. The molecule has 4 nitrogen and oxygen atoms in total. The minimum Gasteiger partial charge on any atom is -0.489 e. The molecule has 0 bridgehead atoms. The van der Waals surface area contributed by atoms with Crippen molar-refractivity contribution in [1.29, 1.82) is 0 Å². The third-order valence-corrected chi connectivity index (χ3v) is 8.56. The Labute approximate surface area is 198 Å². The first kappa shape index (κ1) is 22.5. The van der Waals surface area contributed by atoms with Crippen LogP contribution < -0.4 is 4.74 Å². The lowest BCUT2D eigenvalue weighted by atomic mass is 9.56. The van der Waals surface area contributed by atoms with Gasteiger partial charge in [-0.3, -0.25) is 4.79 Å². The number of amides is 1. The third-order valence-electron chi connectivity index (χ3n) is 8.56. The predicted molar refractivity (Wildman–Crippen MR) is 130 cm³/mol. The van der Waals surface area contributed by atoms with Crippen LogP contribution in [-0.2, 0) is 22.6 Å². The summed E-state index contributed by atoms with van der Waals surface area (Å²) in [6.45, 7) is 9.15. The van der Waals surface area contributed by atoms with Crippen molar-refractivity contribution in [2.75, 3.05) is 19.7 Å². The van der Waals surface area contributed by atoms with Gasteiger partial charge in [-0.05, 0) is 87.1 Å². The van der Waals surface area contributed by atoms with Crippen molar-refractivity contribution < 1.29 is 14.3 Å². The molecule has 5 rings (SSSR count). The molecule has 1 aliphatic heterocycles. The molecule has 3 aliphatic rings. The molecule has 4 heteroatoms. The second-order valence-corrected chi connectivity index (χ2v) is 10.2. The van der Waals surface area contributed by atoms with Crippen molar-refractivity contribution in [1.82, 2.24) is 4.90 Å². The van der Waals surface area contributed by atoms with E-state index < -0.39 is 0 Å². The van der Waals surface area contributed by atoms with Crippen LogP contribution in [0.15, 0.2) is 48.5 Å². The maximum atomic E-state index is 13.4. The van der Waals surface area contributed by atoms with Gasteiger partial charge in [0.2, 0.25) is 5.91 Å². The first-order chi connectivity index (χ1) is 16.0. The van der Waals surface area contributed by atoms with Gasteiger partial charge in [0.25, 0.3) is 0 Å². The summed E-state index contributed by atoms with van der Waals surface area (Å²) in [5.74, 6) is 2.59. The molecule has 1 heterocycles. The summed E-state index contributed by atoms with van der Waals surface area (Å²) < 4.78 is 12.5. The highest BCUT2D eigenvalue weighted by Gasteiger charge is 2.57. The normalized spacial score (nSPS) is 30.2. The summed E-state index contributed by atoms with van der Waals surface area (Å²) in [4.78, 5) is 15.4. The Kier molecular flexibility index (Phi) is 6.22. The molecule has 1 amide bonds. The van der Waals surface area contributed by atoms with Crippen molar-refractivity contribution in [3.8, 4) is 5.75 Å². The highest BCUT2D eigenvalue weighted by atomic mass is 16.5. The number of rotatable bonds is 6. The fraction of sp³-hybridized carbons (Fsp3) is 0.552. The van der Waals surface area contributed by atoms with Crippen LogP contribution in [0.3, 0.4) is 0 Å². The number of benzene rings is 2. The fourth-order valence-electron chi connectivity index (χ4n) is 6.88. The summed E-state index contributed by atoms with van der Waals surface area (Å²) in [6, 6.07) is 17.0. The van der Waals surface area contributed by atoms with Crippen molar-refractivity contribution in [3.05, 3.63) is 65.2 Å². The van der Waals surface area contributed by atoms with Gasteiger partial charge in [0.05, 0.1) is 18.1 Å². The molecule has 2 aliphatic carbocycles. The Morgan fingerprint density at radius 1 is 1.12 bits per heavy atom. The third kappa shape index (κ3) is 4.07. The van der Waals surface area contributed by atoms with Crippen LogP contribution >= 0.6 is 0 Å². The molecular weight excluding hydrogens is 410 g/mol. The lowest BCUT2D eigenvalue weighted by molar-refractivity contribution is -0.137. The molecule has 5 atom stereocenters. The second-order valence-electron chi connectivity index (χ2n) is 10.2. The van der Waals surface area contributed by atoms with Crippen molar-refractivity contribution in [2.24, 2.45) is 17.8 Å². The molecule has 2 fully saturated rings. The number of carbonyl (C=O) groups excluding carboxylic acids is 1. The van der Waals surface area contributed by atoms with Gasteiger partial charge in [-0.2, -0.15) is 0 Å². The van der Waals surface area contributed by atoms with E-state index in [1.807, 2.05) is 23.1 Å². The van der Waals surface area contributed by atoms with Gasteiger partial charge in [0.1, 0.15) is 12.4 Å². The van der Waals surface area contributed by atoms with Gasteiger partial charge in [-0.1, -0.05) is 36.4 Å². The zero-order chi connectivity index (χ0) is 23.0. The second kappa shape index (κ2) is 9.13. The number of nitrogens with zero attached hydrogens (tertiary/aromatic N) is 1. The van der Waals surface area contributed by atoms with E-state index in [0.717, 1.165) is 44.5 Å². The van der Waals surface area contributed by atoms with E-state index in [4.69, 9.17) is 9.47 Å². The molecule has 2 aromatic rings. The van der Waals surface area contributed by atoms with Gasteiger partial charge < -0.3 is 14.4 Å². The Balaban J connectivity index is 1.36. The Morgan fingerprint density at radius 3 is 2.67 bits per heavy atom. The van der Waals surface area contributed by atoms with Crippen LogP contribution in [-0.4, -0.2) is 36.1 Å². The summed E-state index contributed by atoms with van der Waals surface area (Å²) in [7, 11) is 0. The SMILES string of the molecule is CCN(CC)C(=O)[C@H]1CO[C@@]2(C)CC[C@@H]3c4ccc(OCc5ccccc5)cc4CC[C@H]3[C@H]12. The summed E-state index contributed by atoms with van der Waals surface area (Å²) in [5.41, 5.74) is 3.93. The van der Waals surface area contributed by atoms with Crippen LogP contribution in [0, 0.1) is 17.8 Å². The van der Waals surface area contributed by atoms with Crippen LogP contribution in [0.4, 0.5) is 0 Å². The first-order valence-electron chi connectivity index (χ1n) is 12.8. The number of hydrogen-bond acceptors (Lipinski definition) is 3. The molecule has 0 spiro atoms. The van der Waals surface area contributed by atoms with Gasteiger partial charge in [0.15, 0.2) is 0 Å². The van der Waals surface area contributed by atoms with Crippen LogP contribution in [0.25, 0.3) is 0 Å². The van der Waals surface area contributed by atoms with E-state index >= 15 is 0 Å². The highest BCUT2D eigenvalue weighted by molar-refractivity contribution is 5.80. The van der Waals surface area contributed by atoms with Crippen LogP contribution in [0.2, 0.25) is 0 Å². The van der Waals surface area contributed by atoms with E-state index in [1.54, 1.807) is 0 Å². The van der Waals surface area contributed by atoms with E-state index in [1.165, 1.54) is 16.7 Å². The number of hydrogen-bond donors (Lipinski definition) is 0. The van der Waals surface area contributed by atoms with Crippen LogP contribution in [0.5, 0.6) is 5.75 Å². The fourth-order valence-corrected chi connectivity index (χ4v) is 6.88. The summed E-state index contributed by atoms with van der Waals surface area (Å²) in [6.07, 6.45) is 4.36. The maximum Gasteiger partial charge on any atom is 0.228 e. The number of fused-ring (bicyclic) bond motifs is 5. The minimum atomic E-state index is -0.162. The van der Waals surface area contributed by atoms with Gasteiger partial charge in [0, 0.05) is 19.0 Å². The molecule has 0 radical (unpaired) electrons. The molecule has 0 unspecified atom stereocenters. The molecule has 1 saturated carbocycles. The molecule has 2 aromatic carbocycles. The van der Waals surface area contributed by atoms with Crippen molar-refractivity contribution in [3.63, 3.8) is 0 Å². The molecule has 33 heavy (non-hydrogen) atoms. The molecule has 0 N–H and O–H groups in total. The predicted octanol–water partition coefficient (Wildman–Crippen LogP) is 5.60. The maximum absolute atomic E-state index is 13.4. The van der Waals surface area contributed by atoms with Gasteiger partial charge >= 0.3 is 0 Å². The molecular formula is C29H37NO3. The summed E-state index contributed by atoms with van der Waals surface area (Å²) >= 11 is 0. The lowest BCUT2D eigenvalue weighted by Gasteiger charge is -2.49. The Hall–Kier alpha value is -2.33. The van der Waals surface area contributed by atoms with Crippen molar-refractivity contribution >= 4 is 5.91 Å². The zero-order valence-electron chi connectivity index (χ0n) is 20.3. The largest absolute Gasteiger partial charge is 0.489 e. The van der Waals surface area contributed by atoms with Gasteiger partial charge in [-0.25, -0.2) is 0 Å². The zero-order valence-corrected chi connectivity index (χ0v) is 20.3. The number of aryl methyl sites for hydroxylation is 1. The monoisotopic (exact) mass is 447 g/mol. The topological polar surface area (TPSA) is 38.8 Å². The smallest absolute Gasteiger partial charge is 0.228 e. The van der Waals surface area contributed by atoms with E-state index in [-0.39, 0.29) is 11.5 Å². The van der Waals surface area contributed by atoms with E-state index in [9.17, 15) is 4.79 Å². The number of carbonyl (C=O) groups is 1. The van der Waals surface area contributed by atoms with Crippen molar-refractivity contribution in [2.45, 2.75) is 64.6 Å². The molecule has 1 saturated heterocycles. The highest BCUT2D eigenvalue weighted by Crippen LogP contribution is 2.57. The average Bonchev–Trinajstić information content (AvgIpc) is 3.21. The van der Waals surface area contributed by atoms with E-state index in [0.29, 0.717) is 36.9 Å². The molecule has 0 aromatic heterocycles. The van der Waals surface area contributed by atoms with Crippen LogP contribution in [0.1, 0.15) is 62.6 Å². The Morgan fingerprint density at radius 2 is 1.91 bits per heavy atom. The molecule has 176 valence electrons. The van der Waals surface area contributed by atoms with Gasteiger partial charge in [-0.15, -0.1) is 0 Å². The number of ether oxygens (including phenoxy) is 2.